The number of hydrogen-bond donors (Lipinski definition) is 2. The topological polar surface area (TPSA) is 73.6 Å². The fraction of sp³-hybridized carbons (Fsp3) is 0.533. The highest BCUT2D eigenvalue weighted by Gasteiger charge is 2.25. The number of rotatable bonds is 7. The second kappa shape index (κ2) is 6.61. The maximum atomic E-state index is 11.3. The number of ether oxygens (including phenoxy) is 2. The van der Waals surface area contributed by atoms with Gasteiger partial charge >= 0.3 is 0 Å². The first-order valence-electron chi connectivity index (χ1n) is 6.57. The van der Waals surface area contributed by atoms with Crippen molar-refractivity contribution >= 4 is 5.91 Å². The number of carbonyl (C=O) groups is 1. The first kappa shape index (κ1) is 16.3. The number of primary amides is 1. The Morgan fingerprint density at radius 3 is 2.50 bits per heavy atom. The standard InChI is InChI=1S/C15H24N2O3/c1-10(17-9-15(2,3)14(16)18)12-7-6-11(19-4)8-13(12)20-5/h6-8,10,17H,9H2,1-5H3,(H2,16,18). The number of nitrogens with two attached hydrogens (primary N) is 1. The summed E-state index contributed by atoms with van der Waals surface area (Å²) in [7, 11) is 3.24. The van der Waals surface area contributed by atoms with Crippen molar-refractivity contribution in [2.24, 2.45) is 11.1 Å². The molecule has 0 aliphatic rings. The Kier molecular flexibility index (Phi) is 5.39. The molecule has 0 aliphatic carbocycles. The van der Waals surface area contributed by atoms with Crippen LogP contribution in [0.4, 0.5) is 0 Å². The lowest BCUT2D eigenvalue weighted by molar-refractivity contribution is -0.125. The molecule has 0 saturated heterocycles. The van der Waals surface area contributed by atoms with Gasteiger partial charge in [0.15, 0.2) is 0 Å². The van der Waals surface area contributed by atoms with Gasteiger partial charge in [-0.2, -0.15) is 0 Å². The van der Waals surface area contributed by atoms with E-state index in [1.807, 2.05) is 39.0 Å². The predicted octanol–water partition coefficient (Wildman–Crippen LogP) is 1.87. The molecule has 20 heavy (non-hydrogen) atoms. The first-order chi connectivity index (χ1) is 9.31. The van der Waals surface area contributed by atoms with Gasteiger partial charge in [0, 0.05) is 24.2 Å². The van der Waals surface area contributed by atoms with Gasteiger partial charge in [0.05, 0.1) is 19.6 Å². The molecule has 0 bridgehead atoms. The van der Waals surface area contributed by atoms with Crippen molar-refractivity contribution in [3.63, 3.8) is 0 Å². The van der Waals surface area contributed by atoms with Crippen molar-refractivity contribution in [3.05, 3.63) is 23.8 Å². The second-order valence-electron chi connectivity index (χ2n) is 5.46. The monoisotopic (exact) mass is 280 g/mol. The maximum absolute atomic E-state index is 11.3. The molecule has 3 N–H and O–H groups in total. The third-order valence-corrected chi connectivity index (χ3v) is 3.42. The van der Waals surface area contributed by atoms with Gasteiger partial charge in [0.2, 0.25) is 5.91 Å². The highest BCUT2D eigenvalue weighted by atomic mass is 16.5. The van der Waals surface area contributed by atoms with Gasteiger partial charge in [-0.15, -0.1) is 0 Å². The fourth-order valence-electron chi connectivity index (χ4n) is 1.78. The third-order valence-electron chi connectivity index (χ3n) is 3.42. The number of benzene rings is 1. The Morgan fingerprint density at radius 2 is 2.00 bits per heavy atom. The molecule has 0 aromatic heterocycles. The Morgan fingerprint density at radius 1 is 1.35 bits per heavy atom. The highest BCUT2D eigenvalue weighted by Crippen LogP contribution is 2.29. The summed E-state index contributed by atoms with van der Waals surface area (Å²) in [5.41, 5.74) is 5.79. The molecule has 1 aromatic carbocycles. The smallest absolute Gasteiger partial charge is 0.224 e. The van der Waals surface area contributed by atoms with E-state index in [0.717, 1.165) is 17.1 Å². The molecule has 0 radical (unpaired) electrons. The van der Waals surface area contributed by atoms with Crippen LogP contribution in [0.25, 0.3) is 0 Å². The molecule has 5 nitrogen and oxygen atoms in total. The molecule has 1 atom stereocenters. The van der Waals surface area contributed by atoms with Crippen molar-refractivity contribution in [2.75, 3.05) is 20.8 Å². The van der Waals surface area contributed by atoms with E-state index in [9.17, 15) is 4.79 Å². The minimum Gasteiger partial charge on any atom is -0.497 e. The van der Waals surface area contributed by atoms with E-state index in [-0.39, 0.29) is 11.9 Å². The number of amides is 1. The van der Waals surface area contributed by atoms with Crippen LogP contribution in [0.15, 0.2) is 18.2 Å². The number of carbonyl (C=O) groups excluding carboxylic acids is 1. The molecular formula is C15H24N2O3. The molecule has 0 aliphatic heterocycles. The SMILES string of the molecule is COc1ccc(C(C)NCC(C)(C)C(N)=O)c(OC)c1. The van der Waals surface area contributed by atoms with Gasteiger partial charge in [0.25, 0.3) is 0 Å². The van der Waals surface area contributed by atoms with Crippen LogP contribution in [-0.2, 0) is 4.79 Å². The van der Waals surface area contributed by atoms with Crippen LogP contribution in [-0.4, -0.2) is 26.7 Å². The fourth-order valence-corrected chi connectivity index (χ4v) is 1.78. The van der Waals surface area contributed by atoms with E-state index in [4.69, 9.17) is 15.2 Å². The summed E-state index contributed by atoms with van der Waals surface area (Å²) < 4.78 is 10.6. The highest BCUT2D eigenvalue weighted by molar-refractivity contribution is 5.80. The van der Waals surface area contributed by atoms with Crippen molar-refractivity contribution in [1.29, 1.82) is 0 Å². The molecule has 1 amide bonds. The minimum absolute atomic E-state index is 0.0366. The van der Waals surface area contributed by atoms with Crippen molar-refractivity contribution in [3.8, 4) is 11.5 Å². The second-order valence-corrected chi connectivity index (χ2v) is 5.46. The summed E-state index contributed by atoms with van der Waals surface area (Å²) >= 11 is 0. The van der Waals surface area contributed by atoms with Gasteiger partial charge in [-0.3, -0.25) is 4.79 Å². The van der Waals surface area contributed by atoms with E-state index in [2.05, 4.69) is 5.32 Å². The summed E-state index contributed by atoms with van der Waals surface area (Å²) in [6.45, 7) is 6.15. The Balaban J connectivity index is 2.82. The van der Waals surface area contributed by atoms with Gasteiger partial charge in [-0.1, -0.05) is 6.07 Å². The number of hydrogen-bond acceptors (Lipinski definition) is 4. The van der Waals surface area contributed by atoms with Crippen molar-refractivity contribution < 1.29 is 14.3 Å². The number of methoxy groups -OCH3 is 2. The molecule has 0 spiro atoms. The van der Waals surface area contributed by atoms with Crippen LogP contribution in [0.2, 0.25) is 0 Å². The normalized spacial score (nSPS) is 12.8. The van der Waals surface area contributed by atoms with Gasteiger partial charge in [-0.25, -0.2) is 0 Å². The Labute approximate surface area is 120 Å². The number of nitrogens with one attached hydrogen (secondary N) is 1. The lowest BCUT2D eigenvalue weighted by atomic mass is 9.92. The molecule has 0 saturated carbocycles. The van der Waals surface area contributed by atoms with Crippen LogP contribution in [0.1, 0.15) is 32.4 Å². The summed E-state index contributed by atoms with van der Waals surface area (Å²) in [6, 6.07) is 5.71. The maximum Gasteiger partial charge on any atom is 0.224 e. The molecule has 1 aromatic rings. The van der Waals surface area contributed by atoms with Crippen molar-refractivity contribution in [2.45, 2.75) is 26.8 Å². The summed E-state index contributed by atoms with van der Waals surface area (Å²) in [5.74, 6) is 1.18. The average Bonchev–Trinajstić information content (AvgIpc) is 2.43. The van der Waals surface area contributed by atoms with Crippen LogP contribution in [0.5, 0.6) is 11.5 Å². The molecule has 1 rings (SSSR count). The predicted molar refractivity (Wildman–Crippen MR) is 78.9 cm³/mol. The Bertz CT molecular complexity index is 472. The average molecular weight is 280 g/mol. The lowest BCUT2D eigenvalue weighted by Crippen LogP contribution is -2.41. The van der Waals surface area contributed by atoms with E-state index < -0.39 is 5.41 Å². The van der Waals surface area contributed by atoms with Crippen LogP contribution >= 0.6 is 0 Å². The molecule has 112 valence electrons. The van der Waals surface area contributed by atoms with E-state index in [1.165, 1.54) is 0 Å². The van der Waals surface area contributed by atoms with Crippen molar-refractivity contribution in [1.82, 2.24) is 5.32 Å². The van der Waals surface area contributed by atoms with Gasteiger partial charge < -0.3 is 20.5 Å². The minimum atomic E-state index is -0.589. The Hall–Kier alpha value is -1.75. The first-order valence-corrected chi connectivity index (χ1v) is 6.57. The van der Waals surface area contributed by atoms with E-state index in [1.54, 1.807) is 14.2 Å². The molecule has 0 fully saturated rings. The zero-order valence-corrected chi connectivity index (χ0v) is 12.8. The summed E-state index contributed by atoms with van der Waals surface area (Å²) in [4.78, 5) is 11.3. The zero-order valence-electron chi connectivity index (χ0n) is 12.8. The zero-order chi connectivity index (χ0) is 15.3. The van der Waals surface area contributed by atoms with Crippen LogP contribution in [0, 0.1) is 5.41 Å². The molecule has 5 heteroatoms. The molecular weight excluding hydrogens is 256 g/mol. The molecule has 1 unspecified atom stereocenters. The lowest BCUT2D eigenvalue weighted by Gasteiger charge is -2.25. The largest absolute Gasteiger partial charge is 0.497 e. The van der Waals surface area contributed by atoms with Gasteiger partial charge in [-0.05, 0) is 26.8 Å². The summed E-state index contributed by atoms with van der Waals surface area (Å²) in [6.07, 6.45) is 0. The van der Waals surface area contributed by atoms with E-state index in [0.29, 0.717) is 6.54 Å². The third kappa shape index (κ3) is 3.87. The van der Waals surface area contributed by atoms with Gasteiger partial charge in [0.1, 0.15) is 11.5 Å². The summed E-state index contributed by atoms with van der Waals surface area (Å²) in [5, 5.41) is 3.31. The quantitative estimate of drug-likeness (QED) is 0.799. The van der Waals surface area contributed by atoms with Crippen LogP contribution in [0.3, 0.4) is 0 Å². The molecule has 0 heterocycles. The van der Waals surface area contributed by atoms with E-state index >= 15 is 0 Å². The van der Waals surface area contributed by atoms with Crippen LogP contribution < -0.4 is 20.5 Å².